The van der Waals surface area contributed by atoms with Gasteiger partial charge in [0.15, 0.2) is 0 Å². The fraction of sp³-hybridized carbons (Fsp3) is 0.933. The van der Waals surface area contributed by atoms with Crippen LogP contribution < -0.4 is 0 Å². The zero-order valence-corrected chi connectivity index (χ0v) is 11.6. The first-order chi connectivity index (χ1) is 8.06. The average molecular weight is 238 g/mol. The molecule has 2 nitrogen and oxygen atoms in total. The van der Waals surface area contributed by atoms with Crippen molar-refractivity contribution in [1.29, 1.82) is 0 Å². The van der Waals surface area contributed by atoms with Gasteiger partial charge in [0.25, 0.3) is 0 Å². The second-order valence-corrected chi connectivity index (χ2v) is 6.23. The number of hydrogen-bond acceptors (Lipinski definition) is 2. The number of carbonyl (C=O) groups excluding carboxylic acids is 1. The fourth-order valence-electron chi connectivity index (χ4n) is 4.42. The van der Waals surface area contributed by atoms with Gasteiger partial charge < -0.3 is 4.74 Å². The largest absolute Gasteiger partial charge is 0.466 e. The molecule has 2 fully saturated rings. The first kappa shape index (κ1) is 12.9. The molecule has 2 aliphatic carbocycles. The van der Waals surface area contributed by atoms with E-state index in [-0.39, 0.29) is 17.3 Å². The Morgan fingerprint density at radius 2 is 1.76 bits per heavy atom. The Morgan fingerprint density at radius 1 is 1.18 bits per heavy atom. The molecule has 0 aliphatic heterocycles. The van der Waals surface area contributed by atoms with Gasteiger partial charge in [-0.2, -0.15) is 0 Å². The SMILES string of the molecule is CCOC(=O)C(C)C1(C)CCCC12CCCC2. The highest BCUT2D eigenvalue weighted by Gasteiger charge is 2.56. The summed E-state index contributed by atoms with van der Waals surface area (Å²) in [4.78, 5) is 12.1. The number of hydrogen-bond donors (Lipinski definition) is 0. The van der Waals surface area contributed by atoms with E-state index in [1.807, 2.05) is 6.92 Å². The smallest absolute Gasteiger partial charge is 0.309 e. The van der Waals surface area contributed by atoms with E-state index in [9.17, 15) is 4.79 Å². The van der Waals surface area contributed by atoms with Crippen molar-refractivity contribution in [2.75, 3.05) is 6.61 Å². The summed E-state index contributed by atoms with van der Waals surface area (Å²) in [5.41, 5.74) is 0.620. The van der Waals surface area contributed by atoms with Crippen LogP contribution >= 0.6 is 0 Å². The summed E-state index contributed by atoms with van der Waals surface area (Å²) >= 11 is 0. The molecule has 0 amide bonds. The van der Waals surface area contributed by atoms with Crippen LogP contribution in [0.25, 0.3) is 0 Å². The molecule has 17 heavy (non-hydrogen) atoms. The van der Waals surface area contributed by atoms with Crippen molar-refractivity contribution in [2.24, 2.45) is 16.7 Å². The Balaban J connectivity index is 2.19. The molecule has 0 heterocycles. The number of ether oxygens (including phenoxy) is 1. The average Bonchev–Trinajstić information content (AvgIpc) is 2.89. The van der Waals surface area contributed by atoms with E-state index in [4.69, 9.17) is 4.74 Å². The van der Waals surface area contributed by atoms with Gasteiger partial charge in [-0.25, -0.2) is 0 Å². The molecule has 2 heteroatoms. The van der Waals surface area contributed by atoms with Crippen LogP contribution in [0.4, 0.5) is 0 Å². The van der Waals surface area contributed by atoms with Gasteiger partial charge in [-0.15, -0.1) is 0 Å². The molecule has 0 aromatic carbocycles. The fourth-order valence-corrected chi connectivity index (χ4v) is 4.42. The monoisotopic (exact) mass is 238 g/mol. The summed E-state index contributed by atoms with van der Waals surface area (Å²) in [7, 11) is 0. The predicted octanol–water partition coefficient (Wildman–Crippen LogP) is 3.94. The van der Waals surface area contributed by atoms with Crippen molar-refractivity contribution < 1.29 is 9.53 Å². The van der Waals surface area contributed by atoms with Crippen LogP contribution in [0.5, 0.6) is 0 Å². The first-order valence-corrected chi connectivity index (χ1v) is 7.22. The maximum Gasteiger partial charge on any atom is 0.309 e. The topological polar surface area (TPSA) is 26.3 Å². The van der Waals surface area contributed by atoms with Crippen LogP contribution in [-0.4, -0.2) is 12.6 Å². The molecular weight excluding hydrogens is 212 g/mol. The standard InChI is InChI=1S/C15H26O2/c1-4-17-13(16)12(2)14(3)8-7-11-15(14)9-5-6-10-15/h12H,4-11H2,1-3H3. The third-order valence-electron chi connectivity index (χ3n) is 5.72. The van der Waals surface area contributed by atoms with Gasteiger partial charge in [0, 0.05) is 0 Å². The maximum absolute atomic E-state index is 12.1. The zero-order valence-electron chi connectivity index (χ0n) is 11.6. The van der Waals surface area contributed by atoms with E-state index in [2.05, 4.69) is 13.8 Å². The van der Waals surface area contributed by atoms with Crippen molar-refractivity contribution in [1.82, 2.24) is 0 Å². The lowest BCUT2D eigenvalue weighted by atomic mass is 9.60. The Hall–Kier alpha value is -0.530. The molecule has 98 valence electrons. The molecule has 0 saturated heterocycles. The maximum atomic E-state index is 12.1. The van der Waals surface area contributed by atoms with E-state index < -0.39 is 0 Å². The molecule has 0 radical (unpaired) electrons. The van der Waals surface area contributed by atoms with E-state index in [1.165, 1.54) is 44.9 Å². The van der Waals surface area contributed by atoms with Crippen molar-refractivity contribution in [3.05, 3.63) is 0 Å². The Bertz CT molecular complexity index is 286. The van der Waals surface area contributed by atoms with Crippen LogP contribution in [0.3, 0.4) is 0 Å². The molecule has 2 aliphatic rings. The molecule has 0 aromatic heterocycles. The summed E-state index contributed by atoms with van der Waals surface area (Å²) in [6.45, 7) is 6.83. The first-order valence-electron chi connectivity index (χ1n) is 7.22. The third-order valence-corrected chi connectivity index (χ3v) is 5.72. The van der Waals surface area contributed by atoms with Crippen molar-refractivity contribution >= 4 is 5.97 Å². The van der Waals surface area contributed by atoms with Gasteiger partial charge in [0.05, 0.1) is 12.5 Å². The normalized spacial score (nSPS) is 32.9. The van der Waals surface area contributed by atoms with Gasteiger partial charge in [-0.3, -0.25) is 4.79 Å². The van der Waals surface area contributed by atoms with E-state index in [0.29, 0.717) is 12.0 Å². The van der Waals surface area contributed by atoms with Gasteiger partial charge in [-0.1, -0.05) is 33.1 Å². The van der Waals surface area contributed by atoms with Gasteiger partial charge >= 0.3 is 5.97 Å². The zero-order chi connectivity index (χ0) is 12.5. The van der Waals surface area contributed by atoms with Crippen LogP contribution in [0, 0.1) is 16.7 Å². The second-order valence-electron chi connectivity index (χ2n) is 6.23. The minimum atomic E-state index is 0.0168. The number of rotatable bonds is 3. The lowest BCUT2D eigenvalue weighted by molar-refractivity contribution is -0.155. The van der Waals surface area contributed by atoms with Crippen LogP contribution in [-0.2, 0) is 9.53 Å². The minimum absolute atomic E-state index is 0.0168. The summed E-state index contributed by atoms with van der Waals surface area (Å²) in [5, 5.41) is 0. The summed E-state index contributed by atoms with van der Waals surface area (Å²) in [5.74, 6) is 0.0752. The molecule has 2 saturated carbocycles. The Labute approximate surface area is 105 Å². The van der Waals surface area contributed by atoms with Crippen molar-refractivity contribution in [2.45, 2.75) is 65.7 Å². The highest BCUT2D eigenvalue weighted by molar-refractivity contribution is 5.73. The highest BCUT2D eigenvalue weighted by atomic mass is 16.5. The molecule has 1 spiro atoms. The van der Waals surface area contributed by atoms with Crippen molar-refractivity contribution in [3.63, 3.8) is 0 Å². The van der Waals surface area contributed by atoms with Gasteiger partial charge in [-0.05, 0) is 43.4 Å². The molecular formula is C15H26O2. The summed E-state index contributed by atoms with van der Waals surface area (Å²) in [6.07, 6.45) is 9.18. The minimum Gasteiger partial charge on any atom is -0.466 e. The molecule has 2 unspecified atom stereocenters. The Kier molecular flexibility index (Phi) is 3.51. The molecule has 0 bridgehead atoms. The number of esters is 1. The lowest BCUT2D eigenvalue weighted by Crippen LogP contribution is -2.42. The lowest BCUT2D eigenvalue weighted by Gasteiger charge is -2.44. The molecule has 2 atom stereocenters. The van der Waals surface area contributed by atoms with Gasteiger partial charge in [0.1, 0.15) is 0 Å². The van der Waals surface area contributed by atoms with Crippen LogP contribution in [0.2, 0.25) is 0 Å². The summed E-state index contributed by atoms with van der Waals surface area (Å²) < 4.78 is 5.25. The second kappa shape index (κ2) is 4.62. The van der Waals surface area contributed by atoms with Crippen LogP contribution in [0.1, 0.15) is 65.7 Å². The number of carbonyl (C=O) groups is 1. The molecule has 0 aromatic rings. The third kappa shape index (κ3) is 1.90. The highest BCUT2D eigenvalue weighted by Crippen LogP contribution is 2.64. The van der Waals surface area contributed by atoms with E-state index in [1.54, 1.807) is 0 Å². The summed E-state index contributed by atoms with van der Waals surface area (Å²) in [6, 6.07) is 0. The quantitative estimate of drug-likeness (QED) is 0.696. The molecule has 2 rings (SSSR count). The Morgan fingerprint density at radius 3 is 2.35 bits per heavy atom. The van der Waals surface area contributed by atoms with E-state index in [0.717, 1.165) is 0 Å². The van der Waals surface area contributed by atoms with Gasteiger partial charge in [0.2, 0.25) is 0 Å². The van der Waals surface area contributed by atoms with Crippen LogP contribution in [0.15, 0.2) is 0 Å². The molecule has 0 N–H and O–H groups in total. The van der Waals surface area contributed by atoms with E-state index >= 15 is 0 Å². The predicted molar refractivity (Wildman–Crippen MR) is 68.7 cm³/mol. The van der Waals surface area contributed by atoms with Crippen molar-refractivity contribution in [3.8, 4) is 0 Å².